The summed E-state index contributed by atoms with van der Waals surface area (Å²) in [5.74, 6) is 2.19. The van der Waals surface area contributed by atoms with Crippen molar-refractivity contribution in [3.63, 3.8) is 0 Å². The van der Waals surface area contributed by atoms with Crippen molar-refractivity contribution >= 4 is 5.91 Å². The molecule has 0 spiro atoms. The minimum Gasteiger partial charge on any atom is -0.497 e. The smallest absolute Gasteiger partial charge is 0.241 e. The fourth-order valence-electron chi connectivity index (χ4n) is 3.92. The third kappa shape index (κ3) is 5.58. The zero-order valence-electron chi connectivity index (χ0n) is 18.7. The Hall–Kier alpha value is -2.45. The van der Waals surface area contributed by atoms with Crippen LogP contribution in [-0.2, 0) is 11.3 Å². The first kappa shape index (κ1) is 22.2. The molecule has 3 rings (SSSR count). The Morgan fingerprint density at radius 3 is 2.23 bits per heavy atom. The van der Waals surface area contributed by atoms with Crippen LogP contribution in [0.4, 0.5) is 0 Å². The van der Waals surface area contributed by atoms with Gasteiger partial charge in [-0.25, -0.2) is 0 Å². The molecule has 164 valence electrons. The summed E-state index contributed by atoms with van der Waals surface area (Å²) < 4.78 is 10.6. The van der Waals surface area contributed by atoms with Gasteiger partial charge >= 0.3 is 0 Å². The lowest BCUT2D eigenvalue weighted by Crippen LogP contribution is -2.52. The molecule has 0 radical (unpaired) electrons. The Morgan fingerprint density at radius 2 is 1.67 bits per heavy atom. The van der Waals surface area contributed by atoms with Crippen molar-refractivity contribution < 1.29 is 14.1 Å². The van der Waals surface area contributed by atoms with Crippen LogP contribution in [0.3, 0.4) is 0 Å². The predicted molar refractivity (Wildman–Crippen MR) is 115 cm³/mol. The number of methoxy groups -OCH3 is 1. The molecular weight excluding hydrogens is 382 g/mol. The van der Waals surface area contributed by atoms with E-state index >= 15 is 0 Å². The van der Waals surface area contributed by atoms with Crippen LogP contribution in [0.5, 0.6) is 5.75 Å². The molecule has 1 aromatic carbocycles. The summed E-state index contributed by atoms with van der Waals surface area (Å²) in [6.45, 7) is 12.8. The topological polar surface area (TPSA) is 74.9 Å². The Morgan fingerprint density at radius 1 is 1.07 bits per heavy atom. The molecule has 1 fully saturated rings. The maximum atomic E-state index is 12.7. The Labute approximate surface area is 178 Å². The molecule has 0 aliphatic carbocycles. The van der Waals surface area contributed by atoms with E-state index in [-0.39, 0.29) is 18.0 Å². The van der Waals surface area contributed by atoms with Gasteiger partial charge in [-0.1, -0.05) is 5.16 Å². The van der Waals surface area contributed by atoms with E-state index in [1.807, 2.05) is 29.2 Å². The van der Waals surface area contributed by atoms with Crippen LogP contribution in [0, 0.1) is 0 Å². The fraction of sp³-hybridized carbons (Fsp3) is 0.591. The van der Waals surface area contributed by atoms with Crippen LogP contribution in [0.1, 0.15) is 33.6 Å². The molecule has 0 atom stereocenters. The summed E-state index contributed by atoms with van der Waals surface area (Å²) in [5.41, 5.74) is 0.897. The Balaban J connectivity index is 1.49. The number of carbonyl (C=O) groups excluding carboxylic acids is 1. The molecule has 30 heavy (non-hydrogen) atoms. The number of piperazine rings is 1. The minimum atomic E-state index is 0.203. The van der Waals surface area contributed by atoms with E-state index in [1.54, 1.807) is 7.11 Å². The van der Waals surface area contributed by atoms with Crippen molar-refractivity contribution in [1.29, 1.82) is 0 Å². The summed E-state index contributed by atoms with van der Waals surface area (Å²) in [5, 5.41) is 4.10. The van der Waals surface area contributed by atoms with Crippen LogP contribution in [0.25, 0.3) is 11.4 Å². The molecule has 1 saturated heterocycles. The highest BCUT2D eigenvalue weighted by atomic mass is 16.5. The molecule has 8 nitrogen and oxygen atoms in total. The third-order valence-electron chi connectivity index (χ3n) is 5.40. The van der Waals surface area contributed by atoms with E-state index in [0.717, 1.165) is 37.5 Å². The second kappa shape index (κ2) is 10.0. The van der Waals surface area contributed by atoms with Crippen LogP contribution in [-0.4, -0.2) is 82.7 Å². The average Bonchev–Trinajstić information content (AvgIpc) is 3.17. The highest BCUT2D eigenvalue weighted by Crippen LogP contribution is 2.20. The highest BCUT2D eigenvalue weighted by molar-refractivity contribution is 5.78. The molecular formula is C22H33N5O3. The van der Waals surface area contributed by atoms with E-state index in [9.17, 15) is 4.79 Å². The van der Waals surface area contributed by atoms with Crippen LogP contribution >= 0.6 is 0 Å². The summed E-state index contributed by atoms with van der Waals surface area (Å²) in [6, 6.07) is 8.03. The van der Waals surface area contributed by atoms with Gasteiger partial charge in [-0.3, -0.25) is 14.6 Å². The second-order valence-corrected chi connectivity index (χ2v) is 8.28. The van der Waals surface area contributed by atoms with Gasteiger partial charge in [-0.15, -0.1) is 0 Å². The minimum absolute atomic E-state index is 0.203. The van der Waals surface area contributed by atoms with Gasteiger partial charge in [0.1, 0.15) is 5.75 Å². The molecule has 2 aromatic rings. The van der Waals surface area contributed by atoms with Gasteiger partial charge < -0.3 is 14.2 Å². The van der Waals surface area contributed by atoms with Gasteiger partial charge in [0, 0.05) is 43.8 Å². The van der Waals surface area contributed by atoms with E-state index in [4.69, 9.17) is 9.26 Å². The van der Waals surface area contributed by atoms with E-state index in [0.29, 0.717) is 24.8 Å². The number of carbonyl (C=O) groups is 1. The third-order valence-corrected chi connectivity index (χ3v) is 5.40. The number of benzene rings is 1. The van der Waals surface area contributed by atoms with Gasteiger partial charge in [-0.05, 0) is 52.0 Å². The average molecular weight is 416 g/mol. The first-order valence-electron chi connectivity index (χ1n) is 10.6. The largest absolute Gasteiger partial charge is 0.497 e. The van der Waals surface area contributed by atoms with Crippen LogP contribution < -0.4 is 4.74 Å². The zero-order chi connectivity index (χ0) is 21.7. The first-order valence-corrected chi connectivity index (χ1v) is 10.6. The number of hydrogen-bond acceptors (Lipinski definition) is 7. The van der Waals surface area contributed by atoms with Crippen molar-refractivity contribution in [2.24, 2.45) is 0 Å². The lowest BCUT2D eigenvalue weighted by atomic mass is 10.2. The van der Waals surface area contributed by atoms with E-state index < -0.39 is 0 Å². The number of rotatable bonds is 8. The molecule has 1 aromatic heterocycles. The van der Waals surface area contributed by atoms with Gasteiger partial charge in [0.2, 0.25) is 17.6 Å². The normalized spacial score (nSPS) is 15.7. The van der Waals surface area contributed by atoms with Crippen LogP contribution in [0.2, 0.25) is 0 Å². The lowest BCUT2D eigenvalue weighted by molar-refractivity contribution is -0.136. The highest BCUT2D eigenvalue weighted by Gasteiger charge is 2.25. The quantitative estimate of drug-likeness (QED) is 0.656. The molecule has 2 heterocycles. The van der Waals surface area contributed by atoms with Gasteiger partial charge in [0.05, 0.1) is 20.2 Å². The van der Waals surface area contributed by atoms with Gasteiger partial charge in [0.15, 0.2) is 0 Å². The van der Waals surface area contributed by atoms with Crippen molar-refractivity contribution in [3.05, 3.63) is 30.2 Å². The number of hydrogen-bond donors (Lipinski definition) is 0. The molecule has 1 aliphatic rings. The Bertz CT molecular complexity index is 802. The zero-order valence-corrected chi connectivity index (χ0v) is 18.7. The number of ether oxygens (including phenoxy) is 1. The fourth-order valence-corrected chi connectivity index (χ4v) is 3.92. The van der Waals surface area contributed by atoms with Crippen LogP contribution in [0.15, 0.2) is 28.8 Å². The second-order valence-electron chi connectivity index (χ2n) is 8.28. The maximum absolute atomic E-state index is 12.7. The van der Waals surface area contributed by atoms with E-state index in [1.165, 1.54) is 0 Å². The lowest BCUT2D eigenvalue weighted by Gasteiger charge is -2.36. The van der Waals surface area contributed by atoms with Gasteiger partial charge in [-0.2, -0.15) is 4.98 Å². The maximum Gasteiger partial charge on any atom is 0.241 e. The summed E-state index contributed by atoms with van der Waals surface area (Å²) in [4.78, 5) is 23.7. The molecule has 0 saturated carbocycles. The monoisotopic (exact) mass is 415 g/mol. The molecule has 8 heteroatoms. The number of amides is 1. The standard InChI is InChI=1S/C22H33N5O3/c1-16(2)27(17(3)4)21(28)15-26-12-10-25(11-13-26)14-20-23-22(24-30-20)18-6-8-19(29-5)9-7-18/h6-9,16-17H,10-15H2,1-5H3. The molecule has 0 N–H and O–H groups in total. The van der Waals surface area contributed by atoms with Crippen molar-refractivity contribution in [1.82, 2.24) is 24.8 Å². The first-order chi connectivity index (χ1) is 14.4. The van der Waals surface area contributed by atoms with Gasteiger partial charge in [0.25, 0.3) is 0 Å². The molecule has 1 aliphatic heterocycles. The van der Waals surface area contributed by atoms with Crippen molar-refractivity contribution in [3.8, 4) is 17.1 Å². The number of aromatic nitrogens is 2. The predicted octanol–water partition coefficient (Wildman–Crippen LogP) is 2.51. The summed E-state index contributed by atoms with van der Waals surface area (Å²) in [6.07, 6.45) is 0. The summed E-state index contributed by atoms with van der Waals surface area (Å²) in [7, 11) is 1.64. The molecule has 1 amide bonds. The summed E-state index contributed by atoms with van der Waals surface area (Å²) >= 11 is 0. The number of nitrogens with zero attached hydrogens (tertiary/aromatic N) is 5. The molecule has 0 bridgehead atoms. The van der Waals surface area contributed by atoms with Crippen molar-refractivity contribution in [2.45, 2.75) is 46.3 Å². The molecule has 0 unspecified atom stereocenters. The Kier molecular flexibility index (Phi) is 7.44. The van der Waals surface area contributed by atoms with E-state index in [2.05, 4.69) is 47.6 Å². The van der Waals surface area contributed by atoms with Crippen molar-refractivity contribution in [2.75, 3.05) is 39.8 Å². The SMILES string of the molecule is COc1ccc(-c2noc(CN3CCN(CC(=O)N(C(C)C)C(C)C)CC3)n2)cc1.